The number of carbonyl (C=O) groups excluding carboxylic acids is 2. The average Bonchev–Trinajstić information content (AvgIpc) is 3.54. The van der Waals surface area contributed by atoms with Gasteiger partial charge in [0.05, 0.1) is 6.04 Å². The van der Waals surface area contributed by atoms with E-state index in [1.165, 1.54) is 17.0 Å². The zero-order valence-electron chi connectivity index (χ0n) is 18.4. The number of aliphatic hydroxyl groups excluding tert-OH is 1. The predicted octanol–water partition coefficient (Wildman–Crippen LogP) is -1.10. The molecule has 4 rings (SSSR count). The smallest absolute Gasteiger partial charge is 0.326 e. The van der Waals surface area contributed by atoms with Crippen molar-refractivity contribution in [2.45, 2.75) is 37.3 Å². The summed E-state index contributed by atoms with van der Waals surface area (Å²) in [7, 11) is 0. The molecule has 0 spiro atoms. The maximum atomic E-state index is 12.5. The monoisotopic (exact) mass is 487 g/mol. The molecular formula is C21H25N7O7. The minimum absolute atomic E-state index is 0.0572. The van der Waals surface area contributed by atoms with Crippen molar-refractivity contribution < 1.29 is 29.3 Å². The Morgan fingerprint density at radius 3 is 2.69 bits per heavy atom. The number of carbonyl (C=O) groups is 3. The van der Waals surface area contributed by atoms with Gasteiger partial charge in [0.25, 0.3) is 5.91 Å². The molecule has 14 heteroatoms. The number of amides is 2. The molecule has 2 amide bonds. The number of fused-ring (bicyclic) bond motifs is 1. The van der Waals surface area contributed by atoms with Crippen LogP contribution < -0.4 is 32.1 Å². The third kappa shape index (κ3) is 5.50. The van der Waals surface area contributed by atoms with Crippen LogP contribution in [0.1, 0.15) is 23.2 Å². The molecule has 2 aliphatic heterocycles. The van der Waals surface area contributed by atoms with E-state index >= 15 is 0 Å². The van der Waals surface area contributed by atoms with E-state index in [1.54, 1.807) is 12.1 Å². The number of benzene rings is 1. The Hall–Kier alpha value is -4.17. The highest BCUT2D eigenvalue weighted by Crippen LogP contribution is 2.26. The van der Waals surface area contributed by atoms with E-state index in [4.69, 9.17) is 10.5 Å². The number of ether oxygens (including phenoxy) is 1. The van der Waals surface area contributed by atoms with Crippen molar-refractivity contribution in [3.8, 4) is 0 Å². The highest BCUT2D eigenvalue weighted by molar-refractivity contribution is 5.96. The first kappa shape index (κ1) is 24.0. The van der Waals surface area contributed by atoms with Crippen molar-refractivity contribution in [1.29, 1.82) is 0 Å². The second-order valence-electron chi connectivity index (χ2n) is 8.16. The van der Waals surface area contributed by atoms with Gasteiger partial charge in [0, 0.05) is 24.3 Å². The van der Waals surface area contributed by atoms with Gasteiger partial charge in [-0.2, -0.15) is 4.98 Å². The molecule has 1 fully saturated rings. The zero-order valence-corrected chi connectivity index (χ0v) is 18.4. The molecule has 1 aromatic heterocycles. The topological polar surface area (TPSA) is 215 Å². The van der Waals surface area contributed by atoms with Crippen molar-refractivity contribution in [3.05, 3.63) is 40.2 Å². The van der Waals surface area contributed by atoms with Gasteiger partial charge in [0.2, 0.25) is 12.4 Å². The van der Waals surface area contributed by atoms with Crippen LogP contribution in [-0.2, 0) is 14.3 Å². The highest BCUT2D eigenvalue weighted by Gasteiger charge is 2.37. The largest absolute Gasteiger partial charge is 0.480 e. The number of anilines is 4. The molecule has 0 radical (unpaired) electrons. The lowest BCUT2D eigenvalue weighted by Crippen LogP contribution is -2.50. The van der Waals surface area contributed by atoms with Gasteiger partial charge >= 0.3 is 11.5 Å². The summed E-state index contributed by atoms with van der Waals surface area (Å²) in [4.78, 5) is 55.5. The molecule has 14 nitrogen and oxygen atoms in total. The number of aromatic amines is 1. The molecule has 35 heavy (non-hydrogen) atoms. The van der Waals surface area contributed by atoms with Gasteiger partial charge in [0.15, 0.2) is 12.0 Å². The van der Waals surface area contributed by atoms with Crippen molar-refractivity contribution in [1.82, 2.24) is 15.3 Å². The number of epoxide rings is 1. The predicted molar refractivity (Wildman–Crippen MR) is 124 cm³/mol. The lowest BCUT2D eigenvalue weighted by molar-refractivity contribution is -0.139. The van der Waals surface area contributed by atoms with E-state index in [0.717, 1.165) is 0 Å². The first-order valence-corrected chi connectivity index (χ1v) is 10.8. The number of aromatic nitrogens is 2. The fourth-order valence-corrected chi connectivity index (χ4v) is 3.81. The number of hydrogen-bond donors (Lipinski definition) is 7. The Morgan fingerprint density at radius 2 is 2.06 bits per heavy atom. The Labute approximate surface area is 198 Å². The van der Waals surface area contributed by atoms with Crippen LogP contribution in [0.4, 0.5) is 23.1 Å². The first-order chi connectivity index (χ1) is 16.8. The molecule has 1 aromatic carbocycles. The van der Waals surface area contributed by atoms with Crippen molar-refractivity contribution in [2.75, 3.05) is 34.4 Å². The lowest BCUT2D eigenvalue weighted by Gasteiger charge is -2.34. The fraction of sp³-hybridized carbons (Fsp3) is 0.381. The fourth-order valence-electron chi connectivity index (χ4n) is 3.81. The van der Waals surface area contributed by atoms with Crippen LogP contribution in [0.5, 0.6) is 0 Å². The molecule has 0 aliphatic carbocycles. The van der Waals surface area contributed by atoms with Gasteiger partial charge in [-0.05, 0) is 37.1 Å². The Morgan fingerprint density at radius 1 is 1.34 bits per heavy atom. The summed E-state index contributed by atoms with van der Waals surface area (Å²) in [6.07, 6.45) is -0.265. The molecule has 1 saturated heterocycles. The number of carboxylic acids is 1. The second-order valence-corrected chi connectivity index (χ2v) is 8.16. The van der Waals surface area contributed by atoms with Gasteiger partial charge in [-0.3, -0.25) is 14.4 Å². The quantitative estimate of drug-likeness (QED) is 0.158. The summed E-state index contributed by atoms with van der Waals surface area (Å²) in [5.74, 6) is -1.46. The number of aliphatic carboxylic acids is 1. The average molecular weight is 487 g/mol. The van der Waals surface area contributed by atoms with E-state index < -0.39 is 41.9 Å². The van der Waals surface area contributed by atoms with E-state index in [9.17, 15) is 29.4 Å². The molecule has 8 N–H and O–H groups in total. The molecular weight excluding hydrogens is 462 g/mol. The van der Waals surface area contributed by atoms with E-state index in [-0.39, 0.29) is 30.2 Å². The minimum atomic E-state index is -1.18. The van der Waals surface area contributed by atoms with Gasteiger partial charge in [-0.25, -0.2) is 4.79 Å². The van der Waals surface area contributed by atoms with Crippen LogP contribution in [0, 0.1) is 0 Å². The van der Waals surface area contributed by atoms with Crippen LogP contribution in [0.3, 0.4) is 0 Å². The maximum Gasteiger partial charge on any atom is 0.326 e. The maximum absolute atomic E-state index is 12.5. The molecule has 186 valence electrons. The Balaban J connectivity index is 1.34. The van der Waals surface area contributed by atoms with Crippen LogP contribution >= 0.6 is 0 Å². The molecule has 4 atom stereocenters. The molecule has 3 heterocycles. The SMILES string of the molecule is Nc1nc(=O)c2c([nH]1)NCC(CNc1ccc(C(=O)NC(CCC3OC3O)C(=O)O)cc1)N2C=O. The number of carboxylic acid groups (broad SMARTS) is 1. The summed E-state index contributed by atoms with van der Waals surface area (Å²) in [5, 5.41) is 27.2. The van der Waals surface area contributed by atoms with E-state index in [2.05, 4.69) is 25.9 Å². The number of nitrogen functional groups attached to an aromatic ring is 1. The lowest BCUT2D eigenvalue weighted by atomic mass is 10.1. The van der Waals surface area contributed by atoms with Gasteiger partial charge < -0.3 is 46.5 Å². The first-order valence-electron chi connectivity index (χ1n) is 10.8. The summed E-state index contributed by atoms with van der Waals surface area (Å²) >= 11 is 0. The highest BCUT2D eigenvalue weighted by atomic mass is 16.7. The number of nitrogens with one attached hydrogen (secondary N) is 4. The van der Waals surface area contributed by atoms with Crippen LogP contribution in [-0.4, -0.2) is 76.0 Å². The number of nitrogens with two attached hydrogens (primary N) is 1. The van der Waals surface area contributed by atoms with Crippen molar-refractivity contribution in [3.63, 3.8) is 0 Å². The van der Waals surface area contributed by atoms with Gasteiger partial charge in [-0.1, -0.05) is 0 Å². The molecule has 4 unspecified atom stereocenters. The van der Waals surface area contributed by atoms with Gasteiger partial charge in [0.1, 0.15) is 18.0 Å². The van der Waals surface area contributed by atoms with Gasteiger partial charge in [-0.15, -0.1) is 0 Å². The summed E-state index contributed by atoms with van der Waals surface area (Å²) in [6.45, 7) is 0.634. The third-order valence-electron chi connectivity index (χ3n) is 5.78. The molecule has 0 saturated carbocycles. The number of rotatable bonds is 10. The number of nitrogens with zero attached hydrogens (tertiary/aromatic N) is 2. The number of H-pyrrole nitrogens is 1. The van der Waals surface area contributed by atoms with Crippen LogP contribution in [0.25, 0.3) is 0 Å². The Bertz CT molecular complexity index is 1170. The normalized spacial score (nSPS) is 21.3. The third-order valence-corrected chi connectivity index (χ3v) is 5.78. The summed E-state index contributed by atoms with van der Waals surface area (Å²) in [5.41, 5.74) is 5.92. The van der Waals surface area contributed by atoms with Crippen molar-refractivity contribution >= 4 is 41.4 Å². The molecule has 0 bridgehead atoms. The zero-order chi connectivity index (χ0) is 25.1. The summed E-state index contributed by atoms with van der Waals surface area (Å²) < 4.78 is 4.85. The van der Waals surface area contributed by atoms with Crippen molar-refractivity contribution in [2.24, 2.45) is 0 Å². The van der Waals surface area contributed by atoms with Crippen LogP contribution in [0.15, 0.2) is 29.1 Å². The van der Waals surface area contributed by atoms with E-state index in [0.29, 0.717) is 30.9 Å². The standard InChI is InChI=1S/C21H25N7O7/c22-21-26-16-15(18(31)27-21)28(9-29)12(8-24-16)7-23-11-3-1-10(2-4-11)17(30)25-13(19(32)33)5-6-14-20(34)35-14/h1-4,9,12-14,20,23,34H,5-8H2,(H,25,30)(H,32,33)(H4,22,24,26,27,31). The summed E-state index contributed by atoms with van der Waals surface area (Å²) in [6, 6.07) is 4.84. The molecule has 2 aromatic rings. The second kappa shape index (κ2) is 9.99. The van der Waals surface area contributed by atoms with Crippen LogP contribution in [0.2, 0.25) is 0 Å². The minimum Gasteiger partial charge on any atom is -0.480 e. The molecule has 2 aliphatic rings. The Kier molecular flexibility index (Phi) is 6.84. The number of hydrogen-bond acceptors (Lipinski definition) is 10. The number of aliphatic hydroxyl groups is 1. The van der Waals surface area contributed by atoms with E-state index in [1.807, 2.05) is 0 Å².